The number of unbranched alkanes of at least 4 members (excludes halogenated alkanes) is 1. The van der Waals surface area contributed by atoms with Crippen LogP contribution in [0, 0.1) is 0 Å². The Morgan fingerprint density at radius 2 is 1.79 bits per heavy atom. The van der Waals surface area contributed by atoms with Gasteiger partial charge in [0.25, 0.3) is 0 Å². The van der Waals surface area contributed by atoms with Crippen LogP contribution in [0.15, 0.2) is 47.4 Å². The van der Waals surface area contributed by atoms with Crippen molar-refractivity contribution in [2.24, 2.45) is 0 Å². The Morgan fingerprint density at radius 3 is 2.43 bits per heavy atom. The quantitative estimate of drug-likeness (QED) is 0.379. The molecule has 0 bridgehead atoms. The van der Waals surface area contributed by atoms with Crippen molar-refractivity contribution in [3.8, 4) is 17.1 Å². The summed E-state index contributed by atoms with van der Waals surface area (Å²) in [6.45, 7) is 5.09. The Hall–Kier alpha value is -2.15. The number of benzene rings is 2. The van der Waals surface area contributed by atoms with Gasteiger partial charge in [-0.2, -0.15) is 0 Å². The van der Waals surface area contributed by atoms with Crippen LogP contribution in [0.5, 0.6) is 5.75 Å². The molecule has 0 amide bonds. The summed E-state index contributed by atoms with van der Waals surface area (Å²) in [6, 6.07) is 12.1. The molecule has 150 valence electrons. The van der Waals surface area contributed by atoms with Crippen LogP contribution in [0.4, 0.5) is 13.2 Å². The van der Waals surface area contributed by atoms with Gasteiger partial charge in [0, 0.05) is 17.0 Å². The van der Waals surface area contributed by atoms with Crippen LogP contribution in [0.3, 0.4) is 0 Å². The number of ether oxygens (including phenoxy) is 1. The van der Waals surface area contributed by atoms with Crippen molar-refractivity contribution >= 4 is 22.8 Å². The Kier molecular flexibility index (Phi) is 6.54. The fourth-order valence-electron chi connectivity index (χ4n) is 2.98. The first kappa shape index (κ1) is 20.6. The predicted octanol–water partition coefficient (Wildman–Crippen LogP) is 6.90. The third-order valence-electron chi connectivity index (χ3n) is 4.27. The van der Waals surface area contributed by atoms with Gasteiger partial charge in [-0.15, -0.1) is 24.9 Å². The lowest BCUT2D eigenvalue weighted by molar-refractivity contribution is -0.274. The summed E-state index contributed by atoms with van der Waals surface area (Å²) >= 11 is 1.82. The fraction of sp³-hybridized carbons (Fsp3) is 0.381. The third kappa shape index (κ3) is 5.01. The predicted molar refractivity (Wildman–Crippen MR) is 108 cm³/mol. The smallest absolute Gasteiger partial charge is 0.406 e. The van der Waals surface area contributed by atoms with Crippen LogP contribution in [0.25, 0.3) is 22.4 Å². The molecule has 0 atom stereocenters. The first-order valence-electron chi connectivity index (χ1n) is 9.40. The van der Waals surface area contributed by atoms with Crippen molar-refractivity contribution in [2.75, 3.05) is 5.75 Å². The second-order valence-corrected chi connectivity index (χ2v) is 7.68. The van der Waals surface area contributed by atoms with Gasteiger partial charge < -0.3 is 9.30 Å². The minimum absolute atomic E-state index is 0.231. The molecule has 0 radical (unpaired) electrons. The van der Waals surface area contributed by atoms with Gasteiger partial charge >= 0.3 is 6.36 Å². The summed E-state index contributed by atoms with van der Waals surface area (Å²) in [4.78, 5) is 5.95. The zero-order chi connectivity index (χ0) is 20.1. The number of nitrogens with zero attached hydrogens (tertiary/aromatic N) is 2. The molecule has 0 saturated heterocycles. The zero-order valence-corrected chi connectivity index (χ0v) is 16.7. The van der Waals surface area contributed by atoms with Gasteiger partial charge in [-0.05, 0) is 61.1 Å². The van der Waals surface area contributed by atoms with Crippen molar-refractivity contribution in [1.29, 1.82) is 0 Å². The van der Waals surface area contributed by atoms with E-state index in [-0.39, 0.29) is 5.75 Å². The van der Waals surface area contributed by atoms with Gasteiger partial charge in [-0.25, -0.2) is 4.98 Å². The maximum Gasteiger partial charge on any atom is 0.573 e. The maximum atomic E-state index is 12.4. The molecule has 0 spiro atoms. The molecule has 1 aromatic heterocycles. The second-order valence-electron chi connectivity index (χ2n) is 6.51. The van der Waals surface area contributed by atoms with E-state index in [4.69, 9.17) is 4.98 Å². The molecule has 0 aliphatic heterocycles. The molecule has 0 aliphatic rings. The van der Waals surface area contributed by atoms with Gasteiger partial charge in [0.1, 0.15) is 11.6 Å². The number of aromatic nitrogens is 2. The summed E-state index contributed by atoms with van der Waals surface area (Å²) in [5.41, 5.74) is 2.72. The molecular weight excluding hydrogens is 385 g/mol. The minimum atomic E-state index is -4.69. The second kappa shape index (κ2) is 8.90. The number of hydrogen-bond acceptors (Lipinski definition) is 3. The van der Waals surface area contributed by atoms with Crippen molar-refractivity contribution in [1.82, 2.24) is 9.55 Å². The van der Waals surface area contributed by atoms with Crippen LogP contribution >= 0.6 is 11.8 Å². The van der Waals surface area contributed by atoms with E-state index in [1.165, 1.54) is 17.0 Å². The van der Waals surface area contributed by atoms with Gasteiger partial charge in [0.15, 0.2) is 0 Å². The molecule has 28 heavy (non-hydrogen) atoms. The molecule has 3 aromatic rings. The highest BCUT2D eigenvalue weighted by atomic mass is 32.2. The number of thioether (sulfide) groups is 1. The Morgan fingerprint density at radius 1 is 1.04 bits per heavy atom. The molecule has 0 fully saturated rings. The van der Waals surface area contributed by atoms with Crippen molar-refractivity contribution < 1.29 is 17.9 Å². The van der Waals surface area contributed by atoms with Crippen LogP contribution in [-0.4, -0.2) is 21.7 Å². The zero-order valence-electron chi connectivity index (χ0n) is 15.9. The number of halogens is 3. The molecule has 0 saturated carbocycles. The standard InChI is InChI=1S/C21H23F3N2OS/c1-3-5-12-26-19-14-17(28-13-4-2)10-11-18(19)25-20(26)15-6-8-16(9-7-15)27-21(22,23)24/h6-11,14H,3-5,12-13H2,1-2H3. The van der Waals surface area contributed by atoms with E-state index < -0.39 is 6.36 Å². The molecule has 0 aliphatic carbocycles. The lowest BCUT2D eigenvalue weighted by Crippen LogP contribution is -2.16. The van der Waals surface area contributed by atoms with Gasteiger partial charge in [0.2, 0.25) is 0 Å². The molecule has 1 heterocycles. The number of imidazole rings is 1. The first-order valence-corrected chi connectivity index (χ1v) is 10.4. The lowest BCUT2D eigenvalue weighted by atomic mass is 10.2. The Bertz CT molecular complexity index is 920. The molecule has 7 heteroatoms. The Balaban J connectivity index is 1.99. The summed E-state index contributed by atoms with van der Waals surface area (Å²) in [7, 11) is 0. The van der Waals surface area contributed by atoms with Crippen LogP contribution in [0.1, 0.15) is 33.1 Å². The van der Waals surface area contributed by atoms with Crippen molar-refractivity contribution in [3.05, 3.63) is 42.5 Å². The average Bonchev–Trinajstić information content (AvgIpc) is 3.01. The molecule has 3 rings (SSSR count). The summed E-state index contributed by atoms with van der Waals surface area (Å²) < 4.78 is 43.3. The normalized spacial score (nSPS) is 11.9. The molecule has 0 unspecified atom stereocenters. The topological polar surface area (TPSA) is 27.1 Å². The van der Waals surface area contributed by atoms with E-state index >= 15 is 0 Å². The van der Waals surface area contributed by atoms with Gasteiger partial charge in [-0.3, -0.25) is 0 Å². The average molecular weight is 408 g/mol. The molecule has 2 aromatic carbocycles. The highest BCUT2D eigenvalue weighted by Crippen LogP contribution is 2.31. The van der Waals surface area contributed by atoms with Gasteiger partial charge in [0.05, 0.1) is 11.0 Å². The monoisotopic (exact) mass is 408 g/mol. The van der Waals surface area contributed by atoms with Crippen molar-refractivity contribution in [3.63, 3.8) is 0 Å². The molecule has 0 N–H and O–H groups in total. The largest absolute Gasteiger partial charge is 0.573 e. The number of rotatable bonds is 8. The highest BCUT2D eigenvalue weighted by molar-refractivity contribution is 7.99. The van der Waals surface area contributed by atoms with E-state index in [1.54, 1.807) is 12.1 Å². The lowest BCUT2D eigenvalue weighted by Gasteiger charge is -2.11. The maximum absolute atomic E-state index is 12.4. The Labute approximate surface area is 166 Å². The summed E-state index contributed by atoms with van der Waals surface area (Å²) in [6.07, 6.45) is -1.54. The van der Waals surface area contributed by atoms with E-state index in [0.717, 1.165) is 54.0 Å². The van der Waals surface area contributed by atoms with Crippen LogP contribution in [0.2, 0.25) is 0 Å². The van der Waals surface area contributed by atoms with Crippen LogP contribution in [-0.2, 0) is 6.54 Å². The third-order valence-corrected chi connectivity index (χ3v) is 5.47. The van der Waals surface area contributed by atoms with E-state index in [9.17, 15) is 13.2 Å². The molecule has 3 nitrogen and oxygen atoms in total. The minimum Gasteiger partial charge on any atom is -0.406 e. The number of aryl methyl sites for hydroxylation is 1. The van der Waals surface area contributed by atoms with Crippen molar-refractivity contribution in [2.45, 2.75) is 50.9 Å². The van der Waals surface area contributed by atoms with E-state index in [1.807, 2.05) is 17.8 Å². The van der Waals surface area contributed by atoms with Gasteiger partial charge in [-0.1, -0.05) is 20.3 Å². The van der Waals surface area contributed by atoms with E-state index in [0.29, 0.717) is 0 Å². The van der Waals surface area contributed by atoms with E-state index in [2.05, 4.69) is 35.3 Å². The fourth-order valence-corrected chi connectivity index (χ4v) is 3.78. The molecular formula is C21H23F3N2OS. The summed E-state index contributed by atoms with van der Waals surface area (Å²) in [5, 5.41) is 0. The highest BCUT2D eigenvalue weighted by Gasteiger charge is 2.31. The first-order chi connectivity index (χ1) is 13.4. The summed E-state index contributed by atoms with van der Waals surface area (Å²) in [5.74, 6) is 1.59. The number of fused-ring (bicyclic) bond motifs is 1. The van der Waals surface area contributed by atoms with Crippen LogP contribution < -0.4 is 4.74 Å². The SMILES string of the molecule is CCCCn1c(-c2ccc(OC(F)(F)F)cc2)nc2ccc(SCCC)cc21. The number of hydrogen-bond donors (Lipinski definition) is 0. The number of alkyl halides is 3.